The number of phenols is 1. The Morgan fingerprint density at radius 1 is 1.38 bits per heavy atom. The quantitative estimate of drug-likeness (QED) is 0.791. The van der Waals surface area contributed by atoms with Crippen molar-refractivity contribution in [2.24, 2.45) is 0 Å². The summed E-state index contributed by atoms with van der Waals surface area (Å²) in [5, 5.41) is 16.0. The van der Waals surface area contributed by atoms with E-state index in [0.717, 1.165) is 13.0 Å². The van der Waals surface area contributed by atoms with Crippen molar-refractivity contribution in [2.75, 3.05) is 20.2 Å². The van der Waals surface area contributed by atoms with Gasteiger partial charge in [-0.2, -0.15) is 0 Å². The zero-order valence-corrected chi connectivity index (χ0v) is 13.4. The first-order valence-electron chi connectivity index (χ1n) is 6.87. The summed E-state index contributed by atoms with van der Waals surface area (Å²) in [6.45, 7) is 5.20. The van der Waals surface area contributed by atoms with Crippen molar-refractivity contribution in [3.8, 4) is 5.75 Å². The number of aryl methyl sites for hydroxylation is 2. The van der Waals surface area contributed by atoms with E-state index in [4.69, 9.17) is 4.74 Å². The van der Waals surface area contributed by atoms with Gasteiger partial charge in [0.15, 0.2) is 0 Å². The monoisotopic (exact) mass is 314 g/mol. The number of benzene rings is 1. The Hall–Kier alpha value is -1.30. The minimum Gasteiger partial charge on any atom is -0.507 e. The highest BCUT2D eigenvalue weighted by atomic mass is 35.5. The van der Waals surface area contributed by atoms with Gasteiger partial charge in [0, 0.05) is 19.2 Å². The summed E-state index contributed by atoms with van der Waals surface area (Å²) in [6.07, 6.45) is 0.925. The van der Waals surface area contributed by atoms with Crippen molar-refractivity contribution in [2.45, 2.75) is 32.4 Å². The van der Waals surface area contributed by atoms with E-state index in [1.54, 1.807) is 33.1 Å². The molecule has 1 aliphatic heterocycles. The number of carbonyl (C=O) groups is 1. The molecule has 1 heterocycles. The molecule has 0 spiro atoms. The molecule has 1 amide bonds. The van der Waals surface area contributed by atoms with E-state index in [2.05, 4.69) is 10.6 Å². The fourth-order valence-electron chi connectivity index (χ4n) is 2.60. The van der Waals surface area contributed by atoms with Gasteiger partial charge in [-0.25, -0.2) is 0 Å². The Balaban J connectivity index is 0.00000220. The molecular formula is C15H23ClN2O3. The van der Waals surface area contributed by atoms with Crippen LogP contribution in [0, 0.1) is 13.8 Å². The number of aromatic hydroxyl groups is 1. The lowest BCUT2D eigenvalue weighted by molar-refractivity contribution is 0.0448. The minimum absolute atomic E-state index is 0. The van der Waals surface area contributed by atoms with Gasteiger partial charge in [0.05, 0.1) is 12.1 Å². The molecule has 0 aromatic heterocycles. The average Bonchev–Trinajstić information content (AvgIpc) is 2.44. The lowest BCUT2D eigenvalue weighted by Gasteiger charge is -2.31. The molecule has 0 aliphatic carbocycles. The predicted octanol–water partition coefficient (Wildman–Crippen LogP) is 1.54. The second-order valence-corrected chi connectivity index (χ2v) is 5.31. The lowest BCUT2D eigenvalue weighted by atomic mass is 10.0. The number of hydrogen-bond acceptors (Lipinski definition) is 4. The molecule has 0 radical (unpaired) electrons. The highest BCUT2D eigenvalue weighted by molar-refractivity contribution is 5.95. The number of piperidine rings is 1. The molecule has 5 nitrogen and oxygen atoms in total. The van der Waals surface area contributed by atoms with Gasteiger partial charge in [-0.15, -0.1) is 12.4 Å². The molecule has 2 atom stereocenters. The van der Waals surface area contributed by atoms with Crippen LogP contribution in [-0.4, -0.2) is 43.4 Å². The van der Waals surface area contributed by atoms with Crippen LogP contribution in [0.3, 0.4) is 0 Å². The predicted molar refractivity (Wildman–Crippen MR) is 84.4 cm³/mol. The largest absolute Gasteiger partial charge is 0.507 e. The third kappa shape index (κ3) is 4.09. The number of phenolic OH excluding ortho intramolecular Hbond substituents is 1. The summed E-state index contributed by atoms with van der Waals surface area (Å²) in [5.41, 5.74) is 1.98. The van der Waals surface area contributed by atoms with E-state index < -0.39 is 0 Å². The van der Waals surface area contributed by atoms with E-state index in [1.165, 1.54) is 0 Å². The van der Waals surface area contributed by atoms with E-state index in [-0.39, 0.29) is 36.2 Å². The standard InChI is InChI=1S/C15H22N2O3.ClH/c1-9-6-11(7-10(2)14(9)18)15(19)17-12-8-16-5-4-13(12)20-3;/h6-7,12-13,16,18H,4-5,8H2,1-3H3,(H,17,19);1H/t12-,13+;/m0./s1. The van der Waals surface area contributed by atoms with Gasteiger partial charge in [0.1, 0.15) is 5.75 Å². The first-order chi connectivity index (χ1) is 9.52. The first-order valence-corrected chi connectivity index (χ1v) is 6.87. The molecular weight excluding hydrogens is 292 g/mol. The Kier molecular flexibility index (Phi) is 6.45. The van der Waals surface area contributed by atoms with Gasteiger partial charge in [-0.1, -0.05) is 0 Å². The maximum Gasteiger partial charge on any atom is 0.251 e. The van der Waals surface area contributed by atoms with Crippen molar-refractivity contribution in [3.63, 3.8) is 0 Å². The summed E-state index contributed by atoms with van der Waals surface area (Å²) in [5.74, 6) is 0.114. The number of ether oxygens (including phenoxy) is 1. The van der Waals surface area contributed by atoms with Gasteiger partial charge in [0.2, 0.25) is 0 Å². The van der Waals surface area contributed by atoms with Crippen LogP contribution in [0.15, 0.2) is 12.1 Å². The summed E-state index contributed by atoms with van der Waals surface area (Å²) in [6, 6.07) is 3.38. The first kappa shape index (κ1) is 17.8. The summed E-state index contributed by atoms with van der Waals surface area (Å²) in [4.78, 5) is 12.3. The van der Waals surface area contributed by atoms with Crippen molar-refractivity contribution >= 4 is 18.3 Å². The lowest BCUT2D eigenvalue weighted by Crippen LogP contribution is -2.54. The third-order valence-electron chi connectivity index (χ3n) is 3.79. The summed E-state index contributed by atoms with van der Waals surface area (Å²) >= 11 is 0. The molecule has 1 aliphatic rings. The Morgan fingerprint density at radius 2 is 2.00 bits per heavy atom. The fraction of sp³-hybridized carbons (Fsp3) is 0.533. The highest BCUT2D eigenvalue weighted by Gasteiger charge is 2.26. The average molecular weight is 315 g/mol. The molecule has 1 saturated heterocycles. The SMILES string of the molecule is CO[C@@H]1CCNC[C@@H]1NC(=O)c1cc(C)c(O)c(C)c1.Cl. The van der Waals surface area contributed by atoms with Crippen LogP contribution in [0.25, 0.3) is 0 Å². The van der Waals surface area contributed by atoms with Crippen LogP contribution in [-0.2, 0) is 4.74 Å². The molecule has 118 valence electrons. The summed E-state index contributed by atoms with van der Waals surface area (Å²) in [7, 11) is 1.67. The normalized spacial score (nSPS) is 21.5. The van der Waals surface area contributed by atoms with Crippen LogP contribution < -0.4 is 10.6 Å². The molecule has 0 bridgehead atoms. The Labute approximate surface area is 131 Å². The van der Waals surface area contributed by atoms with Crippen LogP contribution >= 0.6 is 12.4 Å². The van der Waals surface area contributed by atoms with Crippen molar-refractivity contribution in [1.82, 2.24) is 10.6 Å². The van der Waals surface area contributed by atoms with E-state index >= 15 is 0 Å². The molecule has 0 unspecified atom stereocenters. The second kappa shape index (κ2) is 7.64. The van der Waals surface area contributed by atoms with E-state index in [0.29, 0.717) is 23.2 Å². The number of methoxy groups -OCH3 is 1. The molecule has 2 rings (SSSR count). The molecule has 0 saturated carbocycles. The zero-order valence-electron chi connectivity index (χ0n) is 12.6. The van der Waals surface area contributed by atoms with Crippen LogP contribution in [0.2, 0.25) is 0 Å². The number of nitrogens with one attached hydrogen (secondary N) is 2. The van der Waals surface area contributed by atoms with Crippen molar-refractivity contribution in [3.05, 3.63) is 28.8 Å². The topological polar surface area (TPSA) is 70.6 Å². The molecule has 1 fully saturated rings. The van der Waals surface area contributed by atoms with E-state index in [9.17, 15) is 9.90 Å². The molecule has 1 aromatic carbocycles. The van der Waals surface area contributed by atoms with Gasteiger partial charge in [-0.05, 0) is 50.1 Å². The Morgan fingerprint density at radius 3 is 2.57 bits per heavy atom. The maximum absolute atomic E-state index is 12.3. The Bertz CT molecular complexity index is 485. The highest BCUT2D eigenvalue weighted by Crippen LogP contribution is 2.23. The van der Waals surface area contributed by atoms with Gasteiger partial charge >= 0.3 is 0 Å². The number of halogens is 1. The smallest absolute Gasteiger partial charge is 0.251 e. The summed E-state index contributed by atoms with van der Waals surface area (Å²) < 4.78 is 5.41. The maximum atomic E-state index is 12.3. The van der Waals surface area contributed by atoms with Crippen LogP contribution in [0.1, 0.15) is 27.9 Å². The molecule has 21 heavy (non-hydrogen) atoms. The second-order valence-electron chi connectivity index (χ2n) is 5.31. The zero-order chi connectivity index (χ0) is 14.7. The number of carbonyl (C=O) groups excluding carboxylic acids is 1. The van der Waals surface area contributed by atoms with Crippen LogP contribution in [0.4, 0.5) is 0 Å². The molecule has 1 aromatic rings. The molecule has 6 heteroatoms. The fourth-order valence-corrected chi connectivity index (χ4v) is 2.60. The van der Waals surface area contributed by atoms with Gasteiger partial charge < -0.3 is 20.5 Å². The third-order valence-corrected chi connectivity index (χ3v) is 3.79. The number of hydrogen-bond donors (Lipinski definition) is 3. The van der Waals surface area contributed by atoms with E-state index in [1.807, 2.05) is 0 Å². The van der Waals surface area contributed by atoms with Crippen molar-refractivity contribution < 1.29 is 14.6 Å². The number of amides is 1. The van der Waals surface area contributed by atoms with Crippen LogP contribution in [0.5, 0.6) is 5.75 Å². The number of rotatable bonds is 3. The minimum atomic E-state index is -0.132. The van der Waals surface area contributed by atoms with Crippen molar-refractivity contribution in [1.29, 1.82) is 0 Å². The molecule has 3 N–H and O–H groups in total. The van der Waals surface area contributed by atoms with Gasteiger partial charge in [0.25, 0.3) is 5.91 Å². The van der Waals surface area contributed by atoms with Gasteiger partial charge in [-0.3, -0.25) is 4.79 Å².